The first kappa shape index (κ1) is 17.2. The van der Waals surface area contributed by atoms with E-state index in [4.69, 9.17) is 9.94 Å². The first-order chi connectivity index (χ1) is 10.6. The summed E-state index contributed by atoms with van der Waals surface area (Å²) >= 11 is 0. The Bertz CT molecular complexity index is 659. The number of hydrogen-bond acceptors (Lipinski definition) is 4. The molecule has 8 heteroatoms. The lowest BCUT2D eigenvalue weighted by Crippen LogP contribution is -2.14. The van der Waals surface area contributed by atoms with Crippen molar-refractivity contribution in [2.75, 3.05) is 0 Å². The summed E-state index contributed by atoms with van der Waals surface area (Å²) in [6.07, 6.45) is 1.16. The van der Waals surface area contributed by atoms with Crippen molar-refractivity contribution in [3.8, 4) is 0 Å². The molecule has 126 valence electrons. The summed E-state index contributed by atoms with van der Waals surface area (Å²) in [4.78, 5) is 11.9. The van der Waals surface area contributed by atoms with E-state index in [0.717, 1.165) is 13.1 Å². The average Bonchev–Trinajstić information content (AvgIpc) is 3.04. The lowest BCUT2D eigenvalue weighted by atomic mass is 10.1. The molecule has 1 aliphatic rings. The second kappa shape index (κ2) is 5.82. The maximum Gasteiger partial charge on any atom is 0.310 e. The van der Waals surface area contributed by atoms with Crippen molar-refractivity contribution in [3.63, 3.8) is 0 Å². The predicted molar refractivity (Wildman–Crippen MR) is 71.8 cm³/mol. The summed E-state index contributed by atoms with van der Waals surface area (Å²) < 4.78 is 59.1. The largest absolute Gasteiger partial charge is 0.460 e. The van der Waals surface area contributed by atoms with Crippen molar-refractivity contribution >= 4 is 12.2 Å². The number of hydrogen-bond donors (Lipinski definition) is 1. The molecule has 1 N–H and O–H groups in total. The highest BCUT2D eigenvalue weighted by molar-refractivity contribution is 5.85. The standard InChI is InChI=1S/C15H15F4NO3/c1-6-10(16)12(18)7(13(19)11(6)17)5-23-14(21)9-8(4-20-22)15(9,2)3/h4,8-9,22H,5H2,1-3H3/b20-4-/t8-,9+/m1/s1. The monoisotopic (exact) mass is 333 g/mol. The van der Waals surface area contributed by atoms with E-state index in [-0.39, 0.29) is 5.92 Å². The van der Waals surface area contributed by atoms with Crippen molar-refractivity contribution in [2.45, 2.75) is 27.4 Å². The summed E-state index contributed by atoms with van der Waals surface area (Å²) in [5.41, 5.74) is -2.30. The Morgan fingerprint density at radius 2 is 1.74 bits per heavy atom. The van der Waals surface area contributed by atoms with Gasteiger partial charge < -0.3 is 9.94 Å². The Hall–Kier alpha value is -2.12. The van der Waals surface area contributed by atoms with Crippen LogP contribution in [0.2, 0.25) is 0 Å². The Balaban J connectivity index is 2.15. The van der Waals surface area contributed by atoms with Gasteiger partial charge >= 0.3 is 5.97 Å². The molecule has 1 fully saturated rings. The molecule has 4 nitrogen and oxygen atoms in total. The third-order valence-electron chi connectivity index (χ3n) is 4.32. The molecule has 0 aliphatic heterocycles. The Morgan fingerprint density at radius 1 is 1.22 bits per heavy atom. The molecular formula is C15H15F4NO3. The number of carbonyl (C=O) groups excluding carboxylic acids is 1. The molecule has 0 bridgehead atoms. The highest BCUT2D eigenvalue weighted by Gasteiger charge is 2.62. The molecule has 0 amide bonds. The summed E-state index contributed by atoms with van der Waals surface area (Å²) in [7, 11) is 0. The van der Waals surface area contributed by atoms with Gasteiger partial charge in [-0.3, -0.25) is 4.79 Å². The molecule has 0 saturated heterocycles. The highest BCUT2D eigenvalue weighted by Crippen LogP contribution is 2.57. The van der Waals surface area contributed by atoms with Crippen molar-refractivity contribution in [3.05, 3.63) is 34.4 Å². The molecular weight excluding hydrogens is 318 g/mol. The van der Waals surface area contributed by atoms with Crippen molar-refractivity contribution in [1.29, 1.82) is 0 Å². The van der Waals surface area contributed by atoms with Crippen LogP contribution in [-0.2, 0) is 16.1 Å². The smallest absolute Gasteiger partial charge is 0.310 e. The summed E-state index contributed by atoms with van der Waals surface area (Å²) in [6.45, 7) is 3.41. The molecule has 2 rings (SSSR count). The summed E-state index contributed by atoms with van der Waals surface area (Å²) in [5.74, 6) is -8.06. The molecule has 1 aromatic carbocycles. The van der Waals surface area contributed by atoms with Gasteiger partial charge in [0.15, 0.2) is 23.3 Å². The molecule has 0 heterocycles. The zero-order chi connectivity index (χ0) is 17.5. The van der Waals surface area contributed by atoms with E-state index < -0.39 is 58.3 Å². The van der Waals surface area contributed by atoms with Crippen LogP contribution in [0.1, 0.15) is 25.0 Å². The Morgan fingerprint density at radius 3 is 2.22 bits per heavy atom. The van der Waals surface area contributed by atoms with Gasteiger partial charge in [-0.05, 0) is 12.3 Å². The van der Waals surface area contributed by atoms with Crippen LogP contribution in [0, 0.1) is 47.4 Å². The fraction of sp³-hybridized carbons (Fsp3) is 0.467. The van der Waals surface area contributed by atoms with Crippen LogP contribution in [0.3, 0.4) is 0 Å². The number of rotatable bonds is 4. The SMILES string of the molecule is Cc1c(F)c(F)c(COC(=O)[C@@H]2[C@@H](/C=N\O)C2(C)C)c(F)c1F. The maximum absolute atomic E-state index is 13.7. The van der Waals surface area contributed by atoms with Crippen molar-refractivity contribution in [2.24, 2.45) is 22.4 Å². The van der Waals surface area contributed by atoms with Gasteiger partial charge in [0, 0.05) is 17.7 Å². The zero-order valence-electron chi connectivity index (χ0n) is 12.7. The molecule has 1 aromatic rings. The predicted octanol–water partition coefficient (Wildman–Crippen LogP) is 3.33. The van der Waals surface area contributed by atoms with E-state index in [9.17, 15) is 22.4 Å². The molecule has 0 unspecified atom stereocenters. The quantitative estimate of drug-likeness (QED) is 0.230. The van der Waals surface area contributed by atoms with E-state index in [0.29, 0.717) is 0 Å². The molecule has 23 heavy (non-hydrogen) atoms. The van der Waals surface area contributed by atoms with E-state index in [1.54, 1.807) is 13.8 Å². The van der Waals surface area contributed by atoms with Crippen LogP contribution in [0.5, 0.6) is 0 Å². The summed E-state index contributed by atoms with van der Waals surface area (Å²) in [5, 5.41) is 11.4. The van der Waals surface area contributed by atoms with Gasteiger partial charge in [-0.25, -0.2) is 17.6 Å². The fourth-order valence-electron chi connectivity index (χ4n) is 2.62. The zero-order valence-corrected chi connectivity index (χ0v) is 12.7. The lowest BCUT2D eigenvalue weighted by Gasteiger charge is -2.10. The number of ether oxygens (including phenoxy) is 1. The third kappa shape index (κ3) is 2.77. The number of benzene rings is 1. The Labute approximate surface area is 129 Å². The maximum atomic E-state index is 13.7. The van der Waals surface area contributed by atoms with Crippen LogP contribution in [0.4, 0.5) is 17.6 Å². The van der Waals surface area contributed by atoms with Gasteiger partial charge in [0.1, 0.15) is 6.61 Å². The minimum absolute atomic E-state index is 0.388. The molecule has 1 saturated carbocycles. The van der Waals surface area contributed by atoms with Gasteiger partial charge in [0.25, 0.3) is 0 Å². The van der Waals surface area contributed by atoms with Gasteiger partial charge in [0.05, 0.1) is 11.5 Å². The second-order valence-corrected chi connectivity index (χ2v) is 6.06. The fourth-order valence-corrected chi connectivity index (χ4v) is 2.62. The highest BCUT2D eigenvalue weighted by atomic mass is 19.2. The number of esters is 1. The average molecular weight is 333 g/mol. The van der Waals surface area contributed by atoms with Crippen molar-refractivity contribution in [1.82, 2.24) is 0 Å². The summed E-state index contributed by atoms with van der Waals surface area (Å²) in [6, 6.07) is 0. The van der Waals surface area contributed by atoms with Gasteiger partial charge in [-0.2, -0.15) is 0 Å². The Kier molecular flexibility index (Phi) is 4.37. The minimum atomic E-state index is -1.59. The molecule has 1 aliphatic carbocycles. The van der Waals surface area contributed by atoms with Gasteiger partial charge in [-0.15, -0.1) is 5.16 Å². The first-order valence-electron chi connectivity index (χ1n) is 6.80. The van der Waals surface area contributed by atoms with Crippen LogP contribution >= 0.6 is 0 Å². The van der Waals surface area contributed by atoms with Gasteiger partial charge in [-0.1, -0.05) is 13.8 Å². The van der Waals surface area contributed by atoms with Crippen LogP contribution < -0.4 is 0 Å². The van der Waals surface area contributed by atoms with E-state index in [1.807, 2.05) is 0 Å². The van der Waals surface area contributed by atoms with E-state index in [1.165, 1.54) is 0 Å². The van der Waals surface area contributed by atoms with Crippen LogP contribution in [0.25, 0.3) is 0 Å². The molecule has 2 atom stereocenters. The third-order valence-corrected chi connectivity index (χ3v) is 4.32. The van der Waals surface area contributed by atoms with E-state index >= 15 is 0 Å². The topological polar surface area (TPSA) is 58.9 Å². The first-order valence-corrected chi connectivity index (χ1v) is 6.80. The number of halogens is 4. The van der Waals surface area contributed by atoms with Gasteiger partial charge in [0.2, 0.25) is 0 Å². The lowest BCUT2D eigenvalue weighted by molar-refractivity contribution is -0.147. The number of nitrogens with zero attached hydrogens (tertiary/aromatic N) is 1. The second-order valence-electron chi connectivity index (χ2n) is 6.06. The number of carbonyl (C=O) groups is 1. The minimum Gasteiger partial charge on any atom is -0.460 e. The van der Waals surface area contributed by atoms with Crippen LogP contribution in [-0.4, -0.2) is 17.4 Å². The number of oxime groups is 1. The van der Waals surface area contributed by atoms with Crippen LogP contribution in [0.15, 0.2) is 5.16 Å². The molecule has 0 radical (unpaired) electrons. The molecule has 0 aromatic heterocycles. The molecule has 0 spiro atoms. The van der Waals surface area contributed by atoms with Crippen molar-refractivity contribution < 1.29 is 32.3 Å². The van der Waals surface area contributed by atoms with E-state index in [2.05, 4.69) is 5.16 Å². The normalized spacial score (nSPS) is 22.4.